The number of halogens is 3. The molecule has 1 N–H and O–H groups in total. The lowest BCUT2D eigenvalue weighted by atomic mass is 10.1. The molecule has 104 valence electrons. The van der Waals surface area contributed by atoms with Crippen molar-refractivity contribution < 1.29 is 13.6 Å². The molecule has 2 nitrogen and oxygen atoms in total. The summed E-state index contributed by atoms with van der Waals surface area (Å²) >= 11 is 3.32. The van der Waals surface area contributed by atoms with Crippen LogP contribution >= 0.6 is 15.9 Å². The summed E-state index contributed by atoms with van der Waals surface area (Å²) in [6.07, 6.45) is -0.336. The molecule has 0 aliphatic rings. The van der Waals surface area contributed by atoms with Crippen LogP contribution < -0.4 is 5.32 Å². The molecule has 0 fully saturated rings. The van der Waals surface area contributed by atoms with E-state index in [4.69, 9.17) is 0 Å². The quantitative estimate of drug-likeness (QED) is 0.837. The van der Waals surface area contributed by atoms with Gasteiger partial charge in [0.15, 0.2) is 0 Å². The zero-order valence-electron chi connectivity index (χ0n) is 10.5. The van der Waals surface area contributed by atoms with Crippen LogP contribution in [0.15, 0.2) is 42.5 Å². The monoisotopic (exact) mass is 339 g/mol. The van der Waals surface area contributed by atoms with E-state index >= 15 is 0 Å². The molecule has 0 radical (unpaired) electrons. The van der Waals surface area contributed by atoms with Crippen LogP contribution in [0.3, 0.4) is 0 Å². The molecule has 0 bridgehead atoms. The average Bonchev–Trinajstić information content (AvgIpc) is 2.43. The van der Waals surface area contributed by atoms with Crippen LogP contribution in [0.4, 0.5) is 14.5 Å². The normalized spacial score (nSPS) is 10.3. The van der Waals surface area contributed by atoms with Crippen molar-refractivity contribution >= 4 is 27.5 Å². The Morgan fingerprint density at radius 1 is 1.10 bits per heavy atom. The largest absolute Gasteiger partial charge is 0.326 e. The van der Waals surface area contributed by atoms with Crippen LogP contribution in [-0.2, 0) is 16.5 Å². The molecule has 2 rings (SSSR count). The summed E-state index contributed by atoms with van der Waals surface area (Å²) in [6.45, 7) is 0. The molecule has 20 heavy (non-hydrogen) atoms. The molecule has 0 aromatic heterocycles. The Morgan fingerprint density at radius 2 is 1.75 bits per heavy atom. The van der Waals surface area contributed by atoms with Crippen molar-refractivity contribution in [2.75, 3.05) is 5.32 Å². The van der Waals surface area contributed by atoms with E-state index in [1.54, 1.807) is 18.2 Å². The number of carbonyl (C=O) groups is 1. The topological polar surface area (TPSA) is 29.1 Å². The molecule has 1 amide bonds. The highest BCUT2D eigenvalue weighted by atomic mass is 79.9. The second-order valence-electron chi connectivity index (χ2n) is 4.26. The molecular formula is C15H12BrF2NO. The van der Waals surface area contributed by atoms with Crippen molar-refractivity contribution in [1.29, 1.82) is 0 Å². The van der Waals surface area contributed by atoms with Gasteiger partial charge in [0, 0.05) is 16.6 Å². The number of rotatable bonds is 4. The first-order valence-electron chi connectivity index (χ1n) is 5.98. The number of benzene rings is 2. The third kappa shape index (κ3) is 3.63. The second kappa shape index (κ2) is 6.61. The molecule has 2 aromatic rings. The van der Waals surface area contributed by atoms with Gasteiger partial charge in [-0.25, -0.2) is 8.78 Å². The van der Waals surface area contributed by atoms with Crippen LogP contribution in [0.25, 0.3) is 0 Å². The fourth-order valence-corrected chi connectivity index (χ4v) is 2.15. The smallest absolute Gasteiger partial charge is 0.229 e. The van der Waals surface area contributed by atoms with E-state index in [1.807, 2.05) is 6.07 Å². The molecule has 0 heterocycles. The Bertz CT molecular complexity index is 611. The summed E-state index contributed by atoms with van der Waals surface area (Å²) < 4.78 is 26.9. The standard InChI is InChI=1S/C15H12BrF2NO/c16-9-10-3-1-4-11(7-10)19-15(20)8-12-13(17)5-2-6-14(12)18/h1-7H,8-9H2,(H,19,20). The molecule has 0 aliphatic heterocycles. The van der Waals surface area contributed by atoms with E-state index in [-0.39, 0.29) is 12.0 Å². The van der Waals surface area contributed by atoms with Gasteiger partial charge in [-0.15, -0.1) is 0 Å². The highest BCUT2D eigenvalue weighted by Gasteiger charge is 2.13. The Hall–Kier alpha value is -1.75. The first-order chi connectivity index (χ1) is 9.60. The lowest BCUT2D eigenvalue weighted by Crippen LogP contribution is -2.16. The van der Waals surface area contributed by atoms with Gasteiger partial charge in [-0.3, -0.25) is 4.79 Å². The van der Waals surface area contributed by atoms with E-state index in [0.29, 0.717) is 11.0 Å². The van der Waals surface area contributed by atoms with Gasteiger partial charge in [-0.1, -0.05) is 34.1 Å². The number of alkyl halides is 1. The van der Waals surface area contributed by atoms with Gasteiger partial charge < -0.3 is 5.32 Å². The van der Waals surface area contributed by atoms with E-state index in [9.17, 15) is 13.6 Å². The van der Waals surface area contributed by atoms with Crippen molar-refractivity contribution in [3.63, 3.8) is 0 Å². The molecule has 0 unspecified atom stereocenters. The predicted molar refractivity (Wildman–Crippen MR) is 77.8 cm³/mol. The molecule has 0 saturated heterocycles. The predicted octanol–water partition coefficient (Wildman–Crippen LogP) is 4.04. The van der Waals surface area contributed by atoms with Crippen molar-refractivity contribution in [3.8, 4) is 0 Å². The van der Waals surface area contributed by atoms with Gasteiger partial charge in [0.2, 0.25) is 5.91 Å². The van der Waals surface area contributed by atoms with Crippen molar-refractivity contribution in [2.45, 2.75) is 11.8 Å². The molecule has 2 aromatic carbocycles. The maximum absolute atomic E-state index is 13.4. The average molecular weight is 340 g/mol. The van der Waals surface area contributed by atoms with E-state index in [0.717, 1.165) is 17.7 Å². The summed E-state index contributed by atoms with van der Waals surface area (Å²) in [4.78, 5) is 11.8. The number of hydrogen-bond donors (Lipinski definition) is 1. The number of carbonyl (C=O) groups excluding carboxylic acids is 1. The van der Waals surface area contributed by atoms with Gasteiger partial charge in [-0.2, -0.15) is 0 Å². The number of amides is 1. The van der Waals surface area contributed by atoms with Gasteiger partial charge in [-0.05, 0) is 29.8 Å². The molecule has 5 heteroatoms. The minimum Gasteiger partial charge on any atom is -0.326 e. The first kappa shape index (κ1) is 14.7. The van der Waals surface area contributed by atoms with Crippen LogP contribution in [0, 0.1) is 11.6 Å². The lowest BCUT2D eigenvalue weighted by molar-refractivity contribution is -0.115. The summed E-state index contributed by atoms with van der Waals surface area (Å²) in [5, 5.41) is 3.29. The fraction of sp³-hybridized carbons (Fsp3) is 0.133. The van der Waals surface area contributed by atoms with Crippen molar-refractivity contribution in [1.82, 2.24) is 0 Å². The van der Waals surface area contributed by atoms with Crippen molar-refractivity contribution in [3.05, 3.63) is 65.2 Å². The van der Waals surface area contributed by atoms with Crippen LogP contribution in [-0.4, -0.2) is 5.91 Å². The number of nitrogens with one attached hydrogen (secondary N) is 1. The van der Waals surface area contributed by atoms with Gasteiger partial charge in [0.25, 0.3) is 0 Å². The van der Waals surface area contributed by atoms with Crippen molar-refractivity contribution in [2.24, 2.45) is 0 Å². The summed E-state index contributed by atoms with van der Waals surface area (Å²) in [5.74, 6) is -1.88. The zero-order chi connectivity index (χ0) is 14.5. The molecule has 0 aliphatic carbocycles. The zero-order valence-corrected chi connectivity index (χ0v) is 12.1. The number of anilines is 1. The summed E-state index contributed by atoms with van der Waals surface area (Å²) in [5.41, 5.74) is 1.38. The minimum absolute atomic E-state index is 0.221. The van der Waals surface area contributed by atoms with Crippen LogP contribution in [0.1, 0.15) is 11.1 Å². The SMILES string of the molecule is O=C(Cc1c(F)cccc1F)Nc1cccc(CBr)c1. The Kier molecular flexibility index (Phi) is 4.84. The van der Waals surface area contributed by atoms with Gasteiger partial charge >= 0.3 is 0 Å². The van der Waals surface area contributed by atoms with Crippen LogP contribution in [0.2, 0.25) is 0 Å². The molecule has 0 atom stereocenters. The molecular weight excluding hydrogens is 328 g/mol. The fourth-order valence-electron chi connectivity index (χ4n) is 1.80. The Balaban J connectivity index is 2.09. The molecule has 0 saturated carbocycles. The maximum Gasteiger partial charge on any atom is 0.229 e. The maximum atomic E-state index is 13.4. The summed E-state index contributed by atoms with van der Waals surface area (Å²) in [6, 6.07) is 10.8. The van der Waals surface area contributed by atoms with Gasteiger partial charge in [0.1, 0.15) is 11.6 Å². The first-order valence-corrected chi connectivity index (χ1v) is 7.10. The second-order valence-corrected chi connectivity index (χ2v) is 4.82. The third-order valence-electron chi connectivity index (χ3n) is 2.76. The van der Waals surface area contributed by atoms with E-state index < -0.39 is 17.5 Å². The van der Waals surface area contributed by atoms with Crippen LogP contribution in [0.5, 0.6) is 0 Å². The Labute approximate surface area is 123 Å². The minimum atomic E-state index is -0.714. The number of hydrogen-bond acceptors (Lipinski definition) is 1. The van der Waals surface area contributed by atoms with E-state index in [2.05, 4.69) is 21.2 Å². The molecule has 0 spiro atoms. The van der Waals surface area contributed by atoms with E-state index in [1.165, 1.54) is 6.07 Å². The third-order valence-corrected chi connectivity index (χ3v) is 3.41. The highest BCUT2D eigenvalue weighted by molar-refractivity contribution is 9.08. The highest BCUT2D eigenvalue weighted by Crippen LogP contribution is 2.16. The summed E-state index contributed by atoms with van der Waals surface area (Å²) in [7, 11) is 0. The lowest BCUT2D eigenvalue weighted by Gasteiger charge is -2.08. The Morgan fingerprint density at radius 3 is 2.40 bits per heavy atom. The van der Waals surface area contributed by atoms with Gasteiger partial charge in [0.05, 0.1) is 6.42 Å².